The predicted molar refractivity (Wildman–Crippen MR) is 120 cm³/mol. The van der Waals surface area contributed by atoms with Crippen molar-refractivity contribution in [1.82, 2.24) is 10.6 Å². The summed E-state index contributed by atoms with van der Waals surface area (Å²) in [5, 5.41) is 6.26. The van der Waals surface area contributed by atoms with Crippen molar-refractivity contribution in [2.45, 2.75) is 26.6 Å². The van der Waals surface area contributed by atoms with Crippen molar-refractivity contribution in [1.29, 1.82) is 0 Å². The molecule has 0 saturated carbocycles. The highest BCUT2D eigenvalue weighted by molar-refractivity contribution is 14.0. The van der Waals surface area contributed by atoms with Gasteiger partial charge >= 0.3 is 6.61 Å². The highest BCUT2D eigenvalue weighted by Gasteiger charge is 2.11. The van der Waals surface area contributed by atoms with Crippen LogP contribution >= 0.6 is 24.0 Å². The molecule has 0 radical (unpaired) electrons. The topological polar surface area (TPSA) is 64.1 Å². The van der Waals surface area contributed by atoms with Crippen molar-refractivity contribution in [3.8, 4) is 17.2 Å². The molecule has 2 N–H and O–H groups in total. The van der Waals surface area contributed by atoms with Gasteiger partial charge in [0.1, 0.15) is 5.75 Å². The number of methoxy groups -OCH3 is 2. The van der Waals surface area contributed by atoms with Crippen LogP contribution in [0.1, 0.15) is 18.1 Å². The number of halogens is 3. The molecule has 0 aliphatic carbocycles. The maximum atomic E-state index is 12.6. The minimum atomic E-state index is -2.87. The molecule has 0 spiro atoms. The summed E-state index contributed by atoms with van der Waals surface area (Å²) in [5.74, 6) is 1.93. The fraction of sp³-hybridized carbons (Fsp3) is 0.350. The molecule has 0 saturated heterocycles. The Morgan fingerprint density at radius 1 is 0.966 bits per heavy atom. The molecule has 29 heavy (non-hydrogen) atoms. The number of guanidine groups is 1. The van der Waals surface area contributed by atoms with Crippen LogP contribution in [0.15, 0.2) is 47.5 Å². The third-order valence-corrected chi connectivity index (χ3v) is 3.87. The Kier molecular flexibility index (Phi) is 11.1. The highest BCUT2D eigenvalue weighted by Crippen LogP contribution is 2.31. The average Bonchev–Trinajstić information content (AvgIpc) is 2.70. The second-order valence-electron chi connectivity index (χ2n) is 5.69. The number of aliphatic imine (C=N–C) groups is 1. The van der Waals surface area contributed by atoms with Crippen molar-refractivity contribution >= 4 is 29.9 Å². The Morgan fingerprint density at radius 3 is 2.31 bits per heavy atom. The zero-order chi connectivity index (χ0) is 20.4. The molecule has 0 aliphatic rings. The second-order valence-corrected chi connectivity index (χ2v) is 5.69. The molecular formula is C20H26F2IN3O3. The lowest BCUT2D eigenvalue weighted by Crippen LogP contribution is -2.36. The van der Waals surface area contributed by atoms with Crippen LogP contribution in [0.4, 0.5) is 8.78 Å². The normalized spacial score (nSPS) is 10.9. The summed E-state index contributed by atoms with van der Waals surface area (Å²) >= 11 is 0. The average molecular weight is 521 g/mol. The Bertz CT molecular complexity index is 791. The molecule has 0 amide bonds. The van der Waals surface area contributed by atoms with Gasteiger partial charge in [-0.3, -0.25) is 0 Å². The quantitative estimate of drug-likeness (QED) is 0.295. The molecule has 9 heteroatoms. The van der Waals surface area contributed by atoms with Gasteiger partial charge in [0.15, 0.2) is 17.5 Å². The van der Waals surface area contributed by atoms with Gasteiger partial charge in [0, 0.05) is 24.2 Å². The third-order valence-electron chi connectivity index (χ3n) is 3.87. The van der Waals surface area contributed by atoms with E-state index in [9.17, 15) is 8.78 Å². The number of alkyl halides is 2. The Balaban J connectivity index is 0.00000420. The molecule has 0 heterocycles. The highest BCUT2D eigenvalue weighted by atomic mass is 127. The maximum Gasteiger partial charge on any atom is 0.387 e. The van der Waals surface area contributed by atoms with Gasteiger partial charge in [0.05, 0.1) is 20.8 Å². The Morgan fingerprint density at radius 2 is 1.66 bits per heavy atom. The first-order valence-electron chi connectivity index (χ1n) is 8.83. The van der Waals surface area contributed by atoms with Crippen LogP contribution in [0.2, 0.25) is 0 Å². The predicted octanol–water partition coefficient (Wildman–Crippen LogP) is 4.18. The third kappa shape index (κ3) is 7.56. The number of nitrogens with one attached hydrogen (secondary N) is 2. The van der Waals surface area contributed by atoms with E-state index in [4.69, 9.17) is 9.47 Å². The van der Waals surface area contributed by atoms with Crippen LogP contribution in [0.3, 0.4) is 0 Å². The summed E-state index contributed by atoms with van der Waals surface area (Å²) in [6, 6.07) is 12.2. The van der Waals surface area contributed by atoms with Gasteiger partial charge in [0.2, 0.25) is 0 Å². The summed E-state index contributed by atoms with van der Waals surface area (Å²) in [6.07, 6.45) is 0. The van der Waals surface area contributed by atoms with E-state index in [-0.39, 0.29) is 36.3 Å². The van der Waals surface area contributed by atoms with Gasteiger partial charge in [0.25, 0.3) is 0 Å². The van der Waals surface area contributed by atoms with E-state index >= 15 is 0 Å². The second kappa shape index (κ2) is 13.0. The number of ether oxygens (including phenoxy) is 3. The first kappa shape index (κ1) is 24.7. The summed E-state index contributed by atoms with van der Waals surface area (Å²) < 4.78 is 40.4. The first-order chi connectivity index (χ1) is 13.6. The minimum Gasteiger partial charge on any atom is -0.493 e. The molecule has 0 unspecified atom stereocenters. The zero-order valence-electron chi connectivity index (χ0n) is 16.6. The molecule has 160 valence electrons. The molecule has 0 aromatic heterocycles. The van der Waals surface area contributed by atoms with Crippen molar-refractivity contribution in [2.24, 2.45) is 4.99 Å². The largest absolute Gasteiger partial charge is 0.493 e. The van der Waals surface area contributed by atoms with Gasteiger partial charge in [-0.25, -0.2) is 4.99 Å². The summed E-state index contributed by atoms with van der Waals surface area (Å²) in [6.45, 7) is 0.353. The molecule has 0 atom stereocenters. The summed E-state index contributed by atoms with van der Waals surface area (Å²) in [7, 11) is 3.16. The minimum absolute atomic E-state index is 0. The number of nitrogens with zero attached hydrogens (tertiary/aromatic N) is 1. The van der Waals surface area contributed by atoms with Crippen LogP contribution in [0.5, 0.6) is 17.2 Å². The summed E-state index contributed by atoms with van der Waals surface area (Å²) in [4.78, 5) is 4.54. The number of rotatable bonds is 9. The van der Waals surface area contributed by atoms with Crippen molar-refractivity contribution in [3.05, 3.63) is 53.6 Å². The van der Waals surface area contributed by atoms with E-state index in [1.54, 1.807) is 32.4 Å². The van der Waals surface area contributed by atoms with Gasteiger partial charge in [-0.15, -0.1) is 24.0 Å². The van der Waals surface area contributed by atoms with Crippen LogP contribution in [-0.4, -0.2) is 33.3 Å². The fourth-order valence-corrected chi connectivity index (χ4v) is 2.62. The fourth-order valence-electron chi connectivity index (χ4n) is 2.62. The standard InChI is InChI=1S/C20H25F2N3O3.HI/c1-4-23-20(24-12-14-8-5-6-10-16(14)28-19(21)22)25-13-15-9-7-11-17(26-2)18(15)27-3;/h5-11,19H,4,12-13H2,1-3H3,(H2,23,24,25);1H. The SMILES string of the molecule is CCNC(=NCc1cccc(OC)c1OC)NCc1ccccc1OC(F)F.I. The molecule has 0 bridgehead atoms. The van der Waals surface area contributed by atoms with Gasteiger partial charge in [-0.1, -0.05) is 30.3 Å². The summed E-state index contributed by atoms with van der Waals surface area (Å²) in [5.41, 5.74) is 1.47. The van der Waals surface area contributed by atoms with Gasteiger partial charge in [-0.05, 0) is 19.1 Å². The van der Waals surface area contributed by atoms with E-state index in [1.807, 2.05) is 25.1 Å². The Labute approximate surface area is 186 Å². The van der Waals surface area contributed by atoms with E-state index in [1.165, 1.54) is 6.07 Å². The molecule has 0 fully saturated rings. The monoisotopic (exact) mass is 521 g/mol. The lowest BCUT2D eigenvalue weighted by molar-refractivity contribution is -0.0504. The van der Waals surface area contributed by atoms with Crippen molar-refractivity contribution < 1.29 is 23.0 Å². The van der Waals surface area contributed by atoms with E-state index in [0.717, 1.165) is 5.56 Å². The van der Waals surface area contributed by atoms with Crippen LogP contribution in [0, 0.1) is 0 Å². The number of benzene rings is 2. The van der Waals surface area contributed by atoms with E-state index < -0.39 is 6.61 Å². The molecular weight excluding hydrogens is 495 g/mol. The van der Waals surface area contributed by atoms with Gasteiger partial charge < -0.3 is 24.8 Å². The molecule has 2 aromatic rings. The van der Waals surface area contributed by atoms with E-state index in [0.29, 0.717) is 36.1 Å². The lowest BCUT2D eigenvalue weighted by Gasteiger charge is -2.15. The van der Waals surface area contributed by atoms with Crippen LogP contribution in [0.25, 0.3) is 0 Å². The smallest absolute Gasteiger partial charge is 0.387 e. The number of hydrogen-bond acceptors (Lipinski definition) is 4. The molecule has 6 nitrogen and oxygen atoms in total. The van der Waals surface area contributed by atoms with E-state index in [2.05, 4.69) is 20.4 Å². The number of hydrogen-bond donors (Lipinski definition) is 2. The lowest BCUT2D eigenvalue weighted by atomic mass is 10.2. The van der Waals surface area contributed by atoms with Crippen LogP contribution in [-0.2, 0) is 13.1 Å². The van der Waals surface area contributed by atoms with Crippen molar-refractivity contribution in [2.75, 3.05) is 20.8 Å². The first-order valence-corrected chi connectivity index (χ1v) is 8.83. The number of para-hydroxylation sites is 2. The maximum absolute atomic E-state index is 12.6. The molecule has 2 rings (SSSR count). The zero-order valence-corrected chi connectivity index (χ0v) is 18.9. The molecule has 2 aromatic carbocycles. The molecule has 0 aliphatic heterocycles. The Hall–Kier alpha value is -2.30. The van der Waals surface area contributed by atoms with Crippen LogP contribution < -0.4 is 24.8 Å². The van der Waals surface area contributed by atoms with Crippen molar-refractivity contribution in [3.63, 3.8) is 0 Å². The van der Waals surface area contributed by atoms with Gasteiger partial charge in [-0.2, -0.15) is 8.78 Å².